The van der Waals surface area contributed by atoms with Crippen molar-refractivity contribution in [3.63, 3.8) is 0 Å². The Morgan fingerprint density at radius 2 is 2.21 bits per heavy atom. The van der Waals surface area contributed by atoms with Crippen molar-refractivity contribution in [1.29, 1.82) is 0 Å². The van der Waals surface area contributed by atoms with Crippen LogP contribution in [0.3, 0.4) is 0 Å². The lowest BCUT2D eigenvalue weighted by molar-refractivity contribution is 0.0696. The molecule has 0 aromatic heterocycles. The average molecular weight is 211 g/mol. The van der Waals surface area contributed by atoms with Gasteiger partial charge in [0.2, 0.25) is 0 Å². The number of rotatable bonds is 1. The maximum absolute atomic E-state index is 10.7. The Hall–Kier alpha value is -1.50. The fraction of sp³-hybridized carbons (Fsp3) is 0.100. The normalized spacial score (nSPS) is 9.00. The molecule has 1 aromatic rings. The molecule has 14 heavy (non-hydrogen) atoms. The van der Waals surface area contributed by atoms with Gasteiger partial charge in [0.25, 0.3) is 0 Å². The number of aliphatic hydroxyl groups is 1. The van der Waals surface area contributed by atoms with Gasteiger partial charge in [-0.2, -0.15) is 0 Å². The zero-order chi connectivity index (χ0) is 10.6. The zero-order valence-corrected chi connectivity index (χ0v) is 7.88. The van der Waals surface area contributed by atoms with E-state index < -0.39 is 5.97 Å². The summed E-state index contributed by atoms with van der Waals surface area (Å²) < 4.78 is 0. The van der Waals surface area contributed by atoms with Gasteiger partial charge < -0.3 is 10.2 Å². The van der Waals surface area contributed by atoms with Gasteiger partial charge in [-0.25, -0.2) is 4.79 Å². The van der Waals surface area contributed by atoms with E-state index in [0.29, 0.717) is 10.6 Å². The van der Waals surface area contributed by atoms with Crippen LogP contribution in [0, 0.1) is 11.8 Å². The fourth-order valence-corrected chi connectivity index (χ4v) is 1.11. The fourth-order valence-electron chi connectivity index (χ4n) is 0.941. The van der Waals surface area contributed by atoms with Gasteiger partial charge in [0.15, 0.2) is 0 Å². The number of carbonyl (C=O) groups is 1. The molecule has 0 fully saturated rings. The van der Waals surface area contributed by atoms with Crippen molar-refractivity contribution in [1.82, 2.24) is 0 Å². The summed E-state index contributed by atoms with van der Waals surface area (Å²) in [5, 5.41) is 17.7. The minimum Gasteiger partial charge on any atom is -0.478 e. The second kappa shape index (κ2) is 4.66. The van der Waals surface area contributed by atoms with Crippen LogP contribution in [0.1, 0.15) is 15.9 Å². The summed E-state index contributed by atoms with van der Waals surface area (Å²) in [6.07, 6.45) is 0. The smallest absolute Gasteiger partial charge is 0.336 e. The van der Waals surface area contributed by atoms with Crippen molar-refractivity contribution in [2.24, 2.45) is 0 Å². The van der Waals surface area contributed by atoms with E-state index in [1.54, 1.807) is 0 Å². The largest absolute Gasteiger partial charge is 0.478 e. The molecule has 1 rings (SSSR count). The first-order valence-corrected chi connectivity index (χ1v) is 4.15. The van der Waals surface area contributed by atoms with Crippen molar-refractivity contribution in [3.05, 3.63) is 34.3 Å². The van der Waals surface area contributed by atoms with Gasteiger partial charge in [0.05, 0.1) is 5.56 Å². The van der Waals surface area contributed by atoms with E-state index in [-0.39, 0.29) is 12.2 Å². The number of carboxylic acid groups (broad SMARTS) is 1. The first-order chi connectivity index (χ1) is 6.65. The maximum atomic E-state index is 10.7. The third-order valence-corrected chi connectivity index (χ3v) is 1.75. The van der Waals surface area contributed by atoms with Gasteiger partial charge >= 0.3 is 5.97 Å². The Morgan fingerprint density at radius 1 is 1.50 bits per heavy atom. The summed E-state index contributed by atoms with van der Waals surface area (Å²) in [6, 6.07) is 4.31. The number of hydrogen-bond acceptors (Lipinski definition) is 2. The van der Waals surface area contributed by atoms with E-state index in [1.165, 1.54) is 18.2 Å². The van der Waals surface area contributed by atoms with Crippen molar-refractivity contribution in [2.75, 3.05) is 6.61 Å². The van der Waals surface area contributed by atoms with Crippen LogP contribution in [0.5, 0.6) is 0 Å². The lowest BCUT2D eigenvalue weighted by Crippen LogP contribution is -1.99. The Balaban J connectivity index is 3.22. The van der Waals surface area contributed by atoms with Crippen LogP contribution in [0.4, 0.5) is 0 Å². The van der Waals surface area contributed by atoms with Crippen LogP contribution < -0.4 is 0 Å². The highest BCUT2D eigenvalue weighted by Crippen LogP contribution is 2.15. The zero-order valence-electron chi connectivity index (χ0n) is 7.12. The summed E-state index contributed by atoms with van der Waals surface area (Å²) >= 11 is 5.68. The average Bonchev–Trinajstić information content (AvgIpc) is 2.14. The molecule has 0 saturated carbocycles. The number of carboxylic acids is 1. The molecule has 0 radical (unpaired) electrons. The molecule has 0 aliphatic rings. The Morgan fingerprint density at radius 3 is 2.79 bits per heavy atom. The number of aliphatic hydroxyl groups excluding tert-OH is 1. The number of aromatic carboxylic acids is 1. The highest BCUT2D eigenvalue weighted by atomic mass is 35.5. The van der Waals surface area contributed by atoms with Gasteiger partial charge in [-0.05, 0) is 18.2 Å². The van der Waals surface area contributed by atoms with E-state index in [2.05, 4.69) is 11.8 Å². The van der Waals surface area contributed by atoms with Crippen molar-refractivity contribution in [3.8, 4) is 11.8 Å². The topological polar surface area (TPSA) is 57.5 Å². The summed E-state index contributed by atoms with van der Waals surface area (Å²) in [6.45, 7) is -0.314. The quantitative estimate of drug-likeness (QED) is 0.689. The summed E-state index contributed by atoms with van der Waals surface area (Å²) in [7, 11) is 0. The molecule has 3 nitrogen and oxygen atoms in total. The molecule has 0 saturated heterocycles. The number of halogens is 1. The molecule has 2 N–H and O–H groups in total. The standard InChI is InChI=1S/C10H7ClO3/c11-8-3-4-9(10(13)14)7(6-8)2-1-5-12/h3-4,6,12H,5H2,(H,13,14). The second-order valence-corrected chi connectivity index (χ2v) is 2.89. The molecule has 0 bridgehead atoms. The van der Waals surface area contributed by atoms with Crippen LogP contribution in [-0.4, -0.2) is 22.8 Å². The molecule has 0 aliphatic carbocycles. The minimum atomic E-state index is -1.07. The van der Waals surface area contributed by atoms with Crippen LogP contribution in [0.2, 0.25) is 5.02 Å². The lowest BCUT2D eigenvalue weighted by Gasteiger charge is -1.98. The van der Waals surface area contributed by atoms with E-state index >= 15 is 0 Å². The molecular formula is C10H7ClO3. The molecule has 72 valence electrons. The first-order valence-electron chi connectivity index (χ1n) is 3.77. The van der Waals surface area contributed by atoms with Gasteiger partial charge in [0.1, 0.15) is 6.61 Å². The van der Waals surface area contributed by atoms with Crippen molar-refractivity contribution in [2.45, 2.75) is 0 Å². The summed E-state index contributed by atoms with van der Waals surface area (Å²) in [5.41, 5.74) is 0.384. The monoisotopic (exact) mass is 210 g/mol. The molecule has 0 spiro atoms. The van der Waals surface area contributed by atoms with Crippen molar-refractivity contribution < 1.29 is 15.0 Å². The van der Waals surface area contributed by atoms with Gasteiger partial charge in [-0.15, -0.1) is 0 Å². The first kappa shape index (κ1) is 10.6. The highest BCUT2D eigenvalue weighted by Gasteiger charge is 2.07. The summed E-state index contributed by atoms with van der Waals surface area (Å²) in [4.78, 5) is 10.7. The van der Waals surface area contributed by atoms with E-state index in [0.717, 1.165) is 0 Å². The summed E-state index contributed by atoms with van der Waals surface area (Å²) in [5.74, 6) is 3.82. The van der Waals surface area contributed by atoms with Gasteiger partial charge in [-0.1, -0.05) is 23.4 Å². The minimum absolute atomic E-state index is 0.0790. The Labute approximate surface area is 85.9 Å². The molecule has 0 unspecified atom stereocenters. The molecule has 1 aromatic carbocycles. The number of benzene rings is 1. The molecular weight excluding hydrogens is 204 g/mol. The molecule has 0 atom stereocenters. The third-order valence-electron chi connectivity index (χ3n) is 1.51. The van der Waals surface area contributed by atoms with Crippen molar-refractivity contribution >= 4 is 17.6 Å². The van der Waals surface area contributed by atoms with Gasteiger partial charge in [-0.3, -0.25) is 0 Å². The highest BCUT2D eigenvalue weighted by molar-refractivity contribution is 6.30. The predicted molar refractivity (Wildman–Crippen MR) is 52.4 cm³/mol. The second-order valence-electron chi connectivity index (χ2n) is 2.45. The van der Waals surface area contributed by atoms with Crippen LogP contribution in [-0.2, 0) is 0 Å². The molecule has 0 amide bonds. The molecule has 0 aliphatic heterocycles. The molecule has 0 heterocycles. The molecule has 4 heteroatoms. The maximum Gasteiger partial charge on any atom is 0.336 e. The van der Waals surface area contributed by atoms with E-state index in [4.69, 9.17) is 21.8 Å². The Bertz CT molecular complexity index is 415. The van der Waals surface area contributed by atoms with Crippen LogP contribution in [0.15, 0.2) is 18.2 Å². The van der Waals surface area contributed by atoms with Crippen LogP contribution >= 0.6 is 11.6 Å². The van der Waals surface area contributed by atoms with Gasteiger partial charge in [0, 0.05) is 10.6 Å². The number of hydrogen-bond donors (Lipinski definition) is 2. The van der Waals surface area contributed by atoms with E-state index in [1.807, 2.05) is 0 Å². The third kappa shape index (κ3) is 2.49. The SMILES string of the molecule is O=C(O)c1ccc(Cl)cc1C#CCO. The predicted octanol–water partition coefficient (Wildman–Crippen LogP) is 1.38. The lowest BCUT2D eigenvalue weighted by atomic mass is 10.1. The Kier molecular flexibility index (Phi) is 3.52. The van der Waals surface area contributed by atoms with E-state index in [9.17, 15) is 4.79 Å². The van der Waals surface area contributed by atoms with Crippen LogP contribution in [0.25, 0.3) is 0 Å².